The Hall–Kier alpha value is -2.39. The minimum absolute atomic E-state index is 0. The number of halogens is 2. The lowest BCUT2D eigenvalue weighted by atomic mass is 10.2. The van der Waals surface area contributed by atoms with Gasteiger partial charge in [0.2, 0.25) is 0 Å². The smallest absolute Gasteiger partial charge is 0.142 e. The summed E-state index contributed by atoms with van der Waals surface area (Å²) >= 11 is 0. The van der Waals surface area contributed by atoms with Crippen molar-refractivity contribution >= 4 is 41.4 Å². The Bertz CT molecular complexity index is 990. The molecule has 0 spiro atoms. The first kappa shape index (κ1) is 23.9. The lowest BCUT2D eigenvalue weighted by molar-refractivity contribution is 0.250. The lowest BCUT2D eigenvalue weighted by Gasteiger charge is -2.36. The van der Waals surface area contributed by atoms with E-state index in [1.54, 1.807) is 7.11 Å². The number of aromatic nitrogens is 1. The van der Waals surface area contributed by atoms with Crippen molar-refractivity contribution in [3.05, 3.63) is 60.3 Å². The zero-order valence-corrected chi connectivity index (χ0v) is 18.8. The van der Waals surface area contributed by atoms with E-state index in [1.165, 1.54) is 11.1 Å². The summed E-state index contributed by atoms with van der Waals surface area (Å²) in [5, 5.41) is 10.3. The first-order chi connectivity index (χ1) is 13.8. The van der Waals surface area contributed by atoms with Crippen LogP contribution in [0, 0.1) is 11.3 Å². The second kappa shape index (κ2) is 11.1. The van der Waals surface area contributed by atoms with Gasteiger partial charge in [-0.25, -0.2) is 0 Å². The van der Waals surface area contributed by atoms with Gasteiger partial charge in [0.25, 0.3) is 0 Å². The molecule has 4 rings (SSSR count). The van der Waals surface area contributed by atoms with Crippen molar-refractivity contribution in [1.29, 1.82) is 5.26 Å². The average Bonchev–Trinajstić information content (AvgIpc) is 3.16. The maximum Gasteiger partial charge on any atom is 0.142 e. The summed E-state index contributed by atoms with van der Waals surface area (Å²) < 4.78 is 7.77. The Morgan fingerprint density at radius 2 is 1.73 bits per heavy atom. The SMILES string of the molecule is COc1ccccc1N1CCN(CCCn2ccc3ccc(C#N)cc32)CC1.Cl.Cl. The van der Waals surface area contributed by atoms with Crippen molar-refractivity contribution < 1.29 is 4.74 Å². The molecule has 1 saturated heterocycles. The van der Waals surface area contributed by atoms with Gasteiger partial charge in [-0.05, 0) is 48.7 Å². The highest BCUT2D eigenvalue weighted by Gasteiger charge is 2.19. The van der Waals surface area contributed by atoms with Crippen molar-refractivity contribution in [1.82, 2.24) is 9.47 Å². The quantitative estimate of drug-likeness (QED) is 0.555. The third-order valence-electron chi connectivity index (χ3n) is 5.57. The molecule has 1 fully saturated rings. The number of anilines is 1. The third-order valence-corrected chi connectivity index (χ3v) is 5.57. The second-order valence-electron chi connectivity index (χ2n) is 7.25. The van der Waals surface area contributed by atoms with Gasteiger partial charge in [-0.15, -0.1) is 24.8 Å². The topological polar surface area (TPSA) is 44.4 Å². The van der Waals surface area contributed by atoms with Gasteiger partial charge in [-0.2, -0.15) is 5.26 Å². The molecule has 3 aromatic rings. The highest BCUT2D eigenvalue weighted by Crippen LogP contribution is 2.28. The van der Waals surface area contributed by atoms with E-state index in [4.69, 9.17) is 10.00 Å². The van der Waals surface area contributed by atoms with E-state index in [0.29, 0.717) is 0 Å². The molecule has 2 heterocycles. The molecule has 0 aliphatic carbocycles. The maximum absolute atomic E-state index is 9.13. The number of nitriles is 1. The molecule has 5 nitrogen and oxygen atoms in total. The number of benzene rings is 2. The van der Waals surface area contributed by atoms with E-state index in [1.807, 2.05) is 30.3 Å². The molecule has 1 aromatic heterocycles. The van der Waals surface area contributed by atoms with Crippen molar-refractivity contribution in [3.63, 3.8) is 0 Å². The number of hydrogen-bond donors (Lipinski definition) is 0. The molecule has 7 heteroatoms. The first-order valence-corrected chi connectivity index (χ1v) is 9.88. The van der Waals surface area contributed by atoms with Gasteiger partial charge in [-0.1, -0.05) is 18.2 Å². The van der Waals surface area contributed by atoms with Gasteiger partial charge in [0.15, 0.2) is 0 Å². The molecule has 0 amide bonds. The van der Waals surface area contributed by atoms with E-state index >= 15 is 0 Å². The predicted molar refractivity (Wildman–Crippen MR) is 127 cm³/mol. The van der Waals surface area contributed by atoms with Gasteiger partial charge in [0.1, 0.15) is 5.75 Å². The highest BCUT2D eigenvalue weighted by molar-refractivity contribution is 5.85. The third kappa shape index (κ3) is 5.20. The van der Waals surface area contributed by atoms with Crippen molar-refractivity contribution in [2.24, 2.45) is 0 Å². The molecule has 0 saturated carbocycles. The fourth-order valence-electron chi connectivity index (χ4n) is 4.02. The molecular formula is C23H28Cl2N4O. The molecule has 0 bridgehead atoms. The van der Waals surface area contributed by atoms with Crippen LogP contribution in [0.25, 0.3) is 10.9 Å². The van der Waals surface area contributed by atoms with E-state index in [2.05, 4.69) is 44.8 Å². The van der Waals surface area contributed by atoms with E-state index < -0.39 is 0 Å². The van der Waals surface area contributed by atoms with Gasteiger partial charge in [0, 0.05) is 44.4 Å². The Labute approximate surface area is 190 Å². The van der Waals surface area contributed by atoms with E-state index in [9.17, 15) is 0 Å². The summed E-state index contributed by atoms with van der Waals surface area (Å²) in [5.41, 5.74) is 3.07. The molecule has 0 radical (unpaired) electrons. The second-order valence-corrected chi connectivity index (χ2v) is 7.25. The molecule has 1 aliphatic heterocycles. The Morgan fingerprint density at radius 1 is 0.967 bits per heavy atom. The molecule has 160 valence electrons. The number of fused-ring (bicyclic) bond motifs is 1. The van der Waals surface area contributed by atoms with Crippen molar-refractivity contribution in [2.45, 2.75) is 13.0 Å². The number of para-hydroxylation sites is 2. The molecule has 0 unspecified atom stereocenters. The minimum atomic E-state index is 0. The summed E-state index contributed by atoms with van der Waals surface area (Å²) in [5.74, 6) is 0.951. The van der Waals surface area contributed by atoms with Crippen molar-refractivity contribution in [3.8, 4) is 11.8 Å². The van der Waals surface area contributed by atoms with Crippen LogP contribution in [-0.2, 0) is 6.54 Å². The predicted octanol–water partition coefficient (Wildman–Crippen LogP) is 4.58. The van der Waals surface area contributed by atoms with Crippen molar-refractivity contribution in [2.75, 3.05) is 44.7 Å². The van der Waals surface area contributed by atoms with Crippen LogP contribution in [0.5, 0.6) is 5.75 Å². The van der Waals surface area contributed by atoms with Crippen LogP contribution >= 0.6 is 24.8 Å². The minimum Gasteiger partial charge on any atom is -0.495 e. The van der Waals surface area contributed by atoms with Crippen LogP contribution in [-0.4, -0.2) is 49.3 Å². The van der Waals surface area contributed by atoms with Crippen LogP contribution in [0.15, 0.2) is 54.7 Å². The average molecular weight is 447 g/mol. The van der Waals surface area contributed by atoms with Crippen LogP contribution in [0.3, 0.4) is 0 Å². The van der Waals surface area contributed by atoms with Gasteiger partial charge in [0.05, 0.1) is 24.4 Å². The summed E-state index contributed by atoms with van der Waals surface area (Å²) in [6.45, 7) is 6.27. The number of rotatable bonds is 6. The zero-order chi connectivity index (χ0) is 19.3. The van der Waals surface area contributed by atoms with Gasteiger partial charge in [-0.3, -0.25) is 4.90 Å². The van der Waals surface area contributed by atoms with E-state index in [-0.39, 0.29) is 24.8 Å². The Morgan fingerprint density at radius 3 is 2.47 bits per heavy atom. The van der Waals surface area contributed by atoms with Crippen LogP contribution in [0.1, 0.15) is 12.0 Å². The monoisotopic (exact) mass is 446 g/mol. The van der Waals surface area contributed by atoms with Crippen LogP contribution in [0.2, 0.25) is 0 Å². The number of piperazine rings is 1. The van der Waals surface area contributed by atoms with Gasteiger partial charge < -0.3 is 14.2 Å². The summed E-state index contributed by atoms with van der Waals surface area (Å²) in [7, 11) is 1.74. The standard InChI is InChI=1S/C23H26N4O.2ClH/c1-28-23-6-3-2-5-21(23)27-15-13-25(14-16-27)10-4-11-26-12-9-20-8-7-19(18-24)17-22(20)26;;/h2-3,5-9,12,17H,4,10-11,13-16H2,1H3;2*1H. The zero-order valence-electron chi connectivity index (χ0n) is 17.2. The largest absolute Gasteiger partial charge is 0.495 e. The van der Waals surface area contributed by atoms with Gasteiger partial charge >= 0.3 is 0 Å². The lowest BCUT2D eigenvalue weighted by Crippen LogP contribution is -2.46. The molecule has 30 heavy (non-hydrogen) atoms. The number of hydrogen-bond acceptors (Lipinski definition) is 4. The fraction of sp³-hybridized carbons (Fsp3) is 0.348. The fourth-order valence-corrected chi connectivity index (χ4v) is 4.02. The summed E-state index contributed by atoms with van der Waals surface area (Å²) in [6, 6.07) is 18.5. The molecule has 1 aliphatic rings. The molecular weight excluding hydrogens is 419 g/mol. The van der Waals surface area contributed by atoms with Crippen LogP contribution in [0.4, 0.5) is 5.69 Å². The number of ether oxygens (including phenoxy) is 1. The Balaban J connectivity index is 0.00000160. The maximum atomic E-state index is 9.13. The number of methoxy groups -OCH3 is 1. The highest BCUT2D eigenvalue weighted by atomic mass is 35.5. The first-order valence-electron chi connectivity index (χ1n) is 9.88. The molecule has 0 atom stereocenters. The van der Waals surface area contributed by atoms with E-state index in [0.717, 1.165) is 62.5 Å². The molecule has 2 aromatic carbocycles. The molecule has 0 N–H and O–H groups in total. The normalized spacial score (nSPS) is 13.9. The number of nitrogens with zero attached hydrogens (tertiary/aromatic N) is 4. The summed E-state index contributed by atoms with van der Waals surface area (Å²) in [4.78, 5) is 4.95. The number of aryl methyl sites for hydroxylation is 1. The Kier molecular flexibility index (Phi) is 8.86. The summed E-state index contributed by atoms with van der Waals surface area (Å²) in [6.07, 6.45) is 3.24. The van der Waals surface area contributed by atoms with Crippen LogP contribution < -0.4 is 9.64 Å².